The lowest BCUT2D eigenvalue weighted by Gasteiger charge is -1.88. The summed E-state index contributed by atoms with van der Waals surface area (Å²) in [6, 6.07) is 4.05. The molecule has 0 spiro atoms. The van der Waals surface area contributed by atoms with Crippen LogP contribution in [0.15, 0.2) is 18.3 Å². The Bertz CT molecular complexity index is 151. The standard InChI is InChI=1S/C5H5BIN/c6-5-2-1-4(7)3-8-5/h1-3H,6H2. The predicted molar refractivity (Wildman–Crippen MR) is 45.1 cm³/mol. The van der Waals surface area contributed by atoms with E-state index in [1.165, 1.54) is 3.57 Å². The van der Waals surface area contributed by atoms with Gasteiger partial charge in [0.05, 0.1) is 0 Å². The molecule has 0 amide bonds. The summed E-state index contributed by atoms with van der Waals surface area (Å²) < 4.78 is 1.19. The third-order valence-electron chi connectivity index (χ3n) is 0.875. The van der Waals surface area contributed by atoms with Crippen LogP contribution in [-0.2, 0) is 0 Å². The van der Waals surface area contributed by atoms with E-state index in [1.54, 1.807) is 0 Å². The molecular formula is C5H5BIN. The lowest BCUT2D eigenvalue weighted by atomic mass is 10.1. The zero-order chi connectivity index (χ0) is 5.98. The van der Waals surface area contributed by atoms with Gasteiger partial charge in [-0.25, -0.2) is 0 Å². The molecule has 1 aromatic rings. The first kappa shape index (κ1) is 6.07. The number of rotatable bonds is 0. The molecule has 8 heavy (non-hydrogen) atoms. The Kier molecular flexibility index (Phi) is 1.88. The van der Waals surface area contributed by atoms with E-state index in [1.807, 2.05) is 26.2 Å². The lowest BCUT2D eigenvalue weighted by molar-refractivity contribution is 1.36. The van der Waals surface area contributed by atoms with Crippen molar-refractivity contribution in [2.45, 2.75) is 0 Å². The normalized spacial score (nSPS) is 9.12. The molecule has 0 aliphatic heterocycles. The van der Waals surface area contributed by atoms with Gasteiger partial charge in [-0.15, -0.1) is 0 Å². The minimum absolute atomic E-state index is 1.07. The maximum Gasteiger partial charge on any atom is 0.163 e. The van der Waals surface area contributed by atoms with Crippen molar-refractivity contribution in [3.05, 3.63) is 21.9 Å². The van der Waals surface area contributed by atoms with E-state index in [4.69, 9.17) is 0 Å². The molecule has 0 radical (unpaired) electrons. The molecule has 1 aromatic heterocycles. The SMILES string of the molecule is Bc1ccc(I)cn1. The molecule has 0 aliphatic carbocycles. The first-order valence-corrected chi connectivity index (χ1v) is 3.45. The molecule has 1 heterocycles. The van der Waals surface area contributed by atoms with Gasteiger partial charge in [-0.1, -0.05) is 0 Å². The van der Waals surface area contributed by atoms with Crippen LogP contribution in [0.2, 0.25) is 0 Å². The van der Waals surface area contributed by atoms with Gasteiger partial charge in [0.1, 0.15) is 0 Å². The average Bonchev–Trinajstić information content (AvgIpc) is 1.77. The molecule has 0 N–H and O–H groups in total. The second-order valence-electron chi connectivity index (χ2n) is 1.62. The highest BCUT2D eigenvalue weighted by molar-refractivity contribution is 14.1. The van der Waals surface area contributed by atoms with Gasteiger partial charge < -0.3 is 0 Å². The number of hydrogen-bond acceptors (Lipinski definition) is 1. The molecule has 0 aliphatic rings. The largest absolute Gasteiger partial charge is 0.271 e. The topological polar surface area (TPSA) is 12.9 Å². The summed E-state index contributed by atoms with van der Waals surface area (Å²) in [5.41, 5.74) is 1.07. The Hall–Kier alpha value is -0.0551. The quantitative estimate of drug-likeness (QED) is 0.438. The van der Waals surface area contributed by atoms with Crippen LogP contribution in [0.5, 0.6) is 0 Å². The van der Waals surface area contributed by atoms with Gasteiger partial charge in [-0.3, -0.25) is 4.98 Å². The van der Waals surface area contributed by atoms with Crippen molar-refractivity contribution < 1.29 is 0 Å². The van der Waals surface area contributed by atoms with Gasteiger partial charge in [0.15, 0.2) is 7.85 Å². The zero-order valence-corrected chi connectivity index (χ0v) is 6.71. The van der Waals surface area contributed by atoms with Gasteiger partial charge in [0.25, 0.3) is 0 Å². The van der Waals surface area contributed by atoms with E-state index in [-0.39, 0.29) is 0 Å². The molecule has 40 valence electrons. The van der Waals surface area contributed by atoms with Gasteiger partial charge in [0, 0.05) is 9.77 Å². The minimum atomic E-state index is 1.07. The van der Waals surface area contributed by atoms with Crippen molar-refractivity contribution in [2.24, 2.45) is 0 Å². The summed E-state index contributed by atoms with van der Waals surface area (Å²) in [7, 11) is 1.98. The maximum atomic E-state index is 4.07. The van der Waals surface area contributed by atoms with Crippen molar-refractivity contribution in [3.63, 3.8) is 0 Å². The van der Waals surface area contributed by atoms with Crippen molar-refractivity contribution in [3.8, 4) is 0 Å². The van der Waals surface area contributed by atoms with Crippen molar-refractivity contribution >= 4 is 36.0 Å². The molecule has 0 unspecified atom stereocenters. The fourth-order valence-electron chi connectivity index (χ4n) is 0.450. The average molecular weight is 217 g/mol. The van der Waals surface area contributed by atoms with Gasteiger partial charge in [0.2, 0.25) is 0 Å². The first-order chi connectivity index (χ1) is 3.79. The van der Waals surface area contributed by atoms with Crippen LogP contribution >= 0.6 is 22.6 Å². The summed E-state index contributed by atoms with van der Waals surface area (Å²) in [4.78, 5) is 4.07. The van der Waals surface area contributed by atoms with Crippen LogP contribution in [0.4, 0.5) is 0 Å². The van der Waals surface area contributed by atoms with Crippen molar-refractivity contribution in [1.29, 1.82) is 0 Å². The summed E-state index contributed by atoms with van der Waals surface area (Å²) in [5.74, 6) is 0. The molecule has 3 heteroatoms. The van der Waals surface area contributed by atoms with E-state index in [9.17, 15) is 0 Å². The Labute approximate surface area is 63.1 Å². The van der Waals surface area contributed by atoms with Crippen LogP contribution in [-0.4, -0.2) is 12.8 Å². The Morgan fingerprint density at radius 2 is 2.25 bits per heavy atom. The summed E-state index contributed by atoms with van der Waals surface area (Å²) >= 11 is 2.23. The Morgan fingerprint density at radius 1 is 1.50 bits per heavy atom. The molecule has 0 bridgehead atoms. The van der Waals surface area contributed by atoms with Crippen LogP contribution < -0.4 is 5.59 Å². The third-order valence-corrected chi connectivity index (χ3v) is 1.51. The Morgan fingerprint density at radius 3 is 2.62 bits per heavy atom. The van der Waals surface area contributed by atoms with Crippen LogP contribution in [0.1, 0.15) is 0 Å². The highest BCUT2D eigenvalue weighted by atomic mass is 127. The fraction of sp³-hybridized carbons (Fsp3) is 0. The highest BCUT2D eigenvalue weighted by Gasteiger charge is 1.82. The number of hydrogen-bond donors (Lipinski definition) is 0. The van der Waals surface area contributed by atoms with Crippen molar-refractivity contribution in [1.82, 2.24) is 4.98 Å². The summed E-state index contributed by atoms with van der Waals surface area (Å²) in [5, 5.41) is 0. The van der Waals surface area contributed by atoms with E-state index < -0.39 is 0 Å². The number of aromatic nitrogens is 1. The minimum Gasteiger partial charge on any atom is -0.271 e. The molecule has 0 aromatic carbocycles. The smallest absolute Gasteiger partial charge is 0.163 e. The van der Waals surface area contributed by atoms with Gasteiger partial charge >= 0.3 is 0 Å². The van der Waals surface area contributed by atoms with E-state index in [0.717, 1.165) is 5.59 Å². The lowest BCUT2D eigenvalue weighted by Crippen LogP contribution is -2.05. The van der Waals surface area contributed by atoms with E-state index >= 15 is 0 Å². The van der Waals surface area contributed by atoms with Crippen LogP contribution in [0, 0.1) is 3.57 Å². The fourth-order valence-corrected chi connectivity index (χ4v) is 0.769. The zero-order valence-electron chi connectivity index (χ0n) is 4.56. The molecule has 0 saturated carbocycles. The summed E-state index contributed by atoms with van der Waals surface area (Å²) in [6.45, 7) is 0. The van der Waals surface area contributed by atoms with E-state index in [0.29, 0.717) is 0 Å². The maximum absolute atomic E-state index is 4.07. The molecule has 0 saturated heterocycles. The highest BCUT2D eigenvalue weighted by Crippen LogP contribution is 1.96. The molecule has 1 rings (SSSR count). The van der Waals surface area contributed by atoms with Crippen molar-refractivity contribution in [2.75, 3.05) is 0 Å². The molecule has 0 atom stereocenters. The third kappa shape index (κ3) is 1.47. The van der Waals surface area contributed by atoms with Gasteiger partial charge in [-0.2, -0.15) is 0 Å². The monoisotopic (exact) mass is 217 g/mol. The first-order valence-electron chi connectivity index (χ1n) is 2.37. The number of halogens is 1. The molecular weight excluding hydrogens is 212 g/mol. The molecule has 0 fully saturated rings. The van der Waals surface area contributed by atoms with Gasteiger partial charge in [-0.05, 0) is 40.3 Å². The van der Waals surface area contributed by atoms with Crippen LogP contribution in [0.25, 0.3) is 0 Å². The number of pyridine rings is 1. The van der Waals surface area contributed by atoms with E-state index in [2.05, 4.69) is 27.6 Å². The second-order valence-corrected chi connectivity index (χ2v) is 2.86. The summed E-state index contributed by atoms with van der Waals surface area (Å²) in [6.07, 6.45) is 1.86. The van der Waals surface area contributed by atoms with Crippen LogP contribution in [0.3, 0.4) is 0 Å². The Balaban J connectivity index is 3.03. The second kappa shape index (κ2) is 2.48. The molecule has 1 nitrogen and oxygen atoms in total. The number of nitrogens with zero attached hydrogens (tertiary/aromatic N) is 1. The predicted octanol–water partition coefficient (Wildman–Crippen LogP) is -0.0554.